The molecule has 0 aliphatic carbocycles. The van der Waals surface area contributed by atoms with E-state index >= 15 is 0 Å². The Balaban J connectivity index is 2.57. The molecule has 0 aliphatic rings. The van der Waals surface area contributed by atoms with Crippen molar-refractivity contribution in [3.63, 3.8) is 0 Å². The molecular weight excluding hydrogens is 288 g/mol. The van der Waals surface area contributed by atoms with E-state index in [9.17, 15) is 13.2 Å². The van der Waals surface area contributed by atoms with Crippen molar-refractivity contribution in [2.45, 2.75) is 0 Å². The summed E-state index contributed by atoms with van der Waals surface area (Å²) in [5, 5.41) is 2.45. The Morgan fingerprint density at radius 3 is 2.63 bits per heavy atom. The van der Waals surface area contributed by atoms with Crippen LogP contribution >= 0.6 is 12.2 Å². The molecule has 7 nitrogen and oxygen atoms in total. The number of amides is 1. The first-order valence-electron chi connectivity index (χ1n) is 5.31. The fraction of sp³-hybridized carbons (Fsp3) is 0.300. The minimum atomic E-state index is -3.33. The molecule has 0 atom stereocenters. The van der Waals surface area contributed by atoms with E-state index in [-0.39, 0.29) is 23.0 Å². The predicted octanol–water partition coefficient (Wildman–Crippen LogP) is -1.01. The summed E-state index contributed by atoms with van der Waals surface area (Å²) in [5.41, 5.74) is 6.13. The van der Waals surface area contributed by atoms with Gasteiger partial charge in [0.05, 0.1) is 5.75 Å². The van der Waals surface area contributed by atoms with Gasteiger partial charge in [0.1, 0.15) is 10.7 Å². The van der Waals surface area contributed by atoms with Gasteiger partial charge in [-0.25, -0.2) is 13.1 Å². The third kappa shape index (κ3) is 4.89. The van der Waals surface area contributed by atoms with Crippen molar-refractivity contribution in [3.8, 4) is 0 Å². The van der Waals surface area contributed by atoms with E-state index < -0.39 is 15.9 Å². The van der Waals surface area contributed by atoms with Crippen LogP contribution in [0.3, 0.4) is 0 Å². The molecule has 0 radical (unpaired) electrons. The smallest absolute Gasteiger partial charge is 0.269 e. The molecule has 0 unspecified atom stereocenters. The molecule has 0 saturated heterocycles. The van der Waals surface area contributed by atoms with Crippen molar-refractivity contribution in [3.05, 3.63) is 29.6 Å². The molecule has 0 bridgehead atoms. The number of thiocarbonyl (C=S) groups is 1. The summed E-state index contributed by atoms with van der Waals surface area (Å²) in [6.07, 6.45) is 1.39. The Kier molecular flexibility index (Phi) is 5.33. The van der Waals surface area contributed by atoms with Gasteiger partial charge in [-0.1, -0.05) is 12.2 Å². The van der Waals surface area contributed by atoms with Crippen molar-refractivity contribution in [2.24, 2.45) is 5.73 Å². The van der Waals surface area contributed by atoms with Gasteiger partial charge >= 0.3 is 0 Å². The second-order valence-corrected chi connectivity index (χ2v) is 6.06. The summed E-state index contributed by atoms with van der Waals surface area (Å²) < 4.78 is 24.4. The highest BCUT2D eigenvalue weighted by Crippen LogP contribution is 2.00. The molecule has 0 saturated carbocycles. The van der Waals surface area contributed by atoms with E-state index in [0.29, 0.717) is 5.56 Å². The number of carbonyl (C=O) groups excluding carboxylic acids is 1. The van der Waals surface area contributed by atoms with Crippen LogP contribution < -0.4 is 15.8 Å². The normalized spacial score (nSPS) is 11.0. The Labute approximate surface area is 116 Å². The molecule has 1 amide bonds. The lowest BCUT2D eigenvalue weighted by molar-refractivity contribution is 0.0951. The van der Waals surface area contributed by atoms with Gasteiger partial charge in [-0.15, -0.1) is 0 Å². The van der Waals surface area contributed by atoms with Crippen LogP contribution in [0.25, 0.3) is 0 Å². The number of aromatic nitrogens is 1. The zero-order chi connectivity index (χ0) is 14.5. The van der Waals surface area contributed by atoms with Gasteiger partial charge in [0.2, 0.25) is 10.0 Å². The summed E-state index contributed by atoms with van der Waals surface area (Å²) in [6.45, 7) is 0.000733. The van der Waals surface area contributed by atoms with Crippen molar-refractivity contribution in [1.82, 2.24) is 15.0 Å². The molecule has 1 heterocycles. The second kappa shape index (κ2) is 6.55. The molecule has 9 heteroatoms. The van der Waals surface area contributed by atoms with Gasteiger partial charge < -0.3 is 11.1 Å². The number of hydrogen-bond acceptors (Lipinski definition) is 5. The average molecular weight is 302 g/mol. The number of rotatable bonds is 6. The lowest BCUT2D eigenvalue weighted by atomic mass is 10.2. The van der Waals surface area contributed by atoms with Crippen LogP contribution in [0.2, 0.25) is 0 Å². The molecule has 19 heavy (non-hydrogen) atoms. The minimum absolute atomic E-state index is 0.000733. The third-order valence-corrected chi connectivity index (χ3v) is 3.85. The summed E-state index contributed by atoms with van der Waals surface area (Å²) in [4.78, 5) is 15.7. The van der Waals surface area contributed by atoms with Gasteiger partial charge in [-0.05, 0) is 19.2 Å². The molecule has 4 N–H and O–H groups in total. The maximum Gasteiger partial charge on any atom is 0.269 e. The monoisotopic (exact) mass is 302 g/mol. The second-order valence-electron chi connectivity index (χ2n) is 3.58. The first-order valence-corrected chi connectivity index (χ1v) is 7.37. The van der Waals surface area contributed by atoms with Gasteiger partial charge in [0.15, 0.2) is 0 Å². The minimum Gasteiger partial charge on any atom is -0.389 e. The zero-order valence-electron chi connectivity index (χ0n) is 10.2. The molecule has 0 fully saturated rings. The van der Waals surface area contributed by atoms with Crippen LogP contribution in [0, 0.1) is 0 Å². The SMILES string of the molecule is CNS(=O)(=O)CCNC(=O)c1ccc(C(N)=S)cn1. The third-order valence-electron chi connectivity index (χ3n) is 2.25. The molecule has 1 rings (SSSR count). The van der Waals surface area contributed by atoms with E-state index in [1.807, 2.05) is 0 Å². The fourth-order valence-corrected chi connectivity index (χ4v) is 1.86. The van der Waals surface area contributed by atoms with Crippen LogP contribution in [-0.4, -0.2) is 43.6 Å². The van der Waals surface area contributed by atoms with Crippen LogP contribution in [0.15, 0.2) is 18.3 Å². The van der Waals surface area contributed by atoms with E-state index in [1.165, 1.54) is 19.3 Å². The van der Waals surface area contributed by atoms with E-state index in [0.717, 1.165) is 0 Å². The fourth-order valence-electron chi connectivity index (χ4n) is 1.17. The maximum absolute atomic E-state index is 11.6. The van der Waals surface area contributed by atoms with E-state index in [4.69, 9.17) is 18.0 Å². The molecular formula is C10H14N4O3S2. The summed E-state index contributed by atoms with van der Waals surface area (Å²) in [6, 6.07) is 3.05. The van der Waals surface area contributed by atoms with Gasteiger partial charge in [0.25, 0.3) is 5.91 Å². The number of pyridine rings is 1. The zero-order valence-corrected chi connectivity index (χ0v) is 11.8. The Bertz CT molecular complexity index is 569. The van der Waals surface area contributed by atoms with Crippen LogP contribution in [0.4, 0.5) is 0 Å². The molecule has 1 aromatic rings. The first kappa shape index (κ1) is 15.5. The molecule has 0 spiro atoms. The van der Waals surface area contributed by atoms with Crippen LogP contribution in [-0.2, 0) is 10.0 Å². The number of sulfonamides is 1. The summed E-state index contributed by atoms with van der Waals surface area (Å²) >= 11 is 4.76. The largest absolute Gasteiger partial charge is 0.389 e. The van der Waals surface area contributed by atoms with Crippen LogP contribution in [0.1, 0.15) is 16.1 Å². The van der Waals surface area contributed by atoms with Gasteiger partial charge in [-0.3, -0.25) is 9.78 Å². The van der Waals surface area contributed by atoms with Crippen molar-refractivity contribution in [1.29, 1.82) is 0 Å². The molecule has 0 aromatic carbocycles. The summed E-state index contributed by atoms with van der Waals surface area (Å²) in [5.74, 6) is -0.652. The lowest BCUT2D eigenvalue weighted by Crippen LogP contribution is -2.33. The number of nitrogens with zero attached hydrogens (tertiary/aromatic N) is 1. The maximum atomic E-state index is 11.6. The van der Waals surface area contributed by atoms with E-state index in [2.05, 4.69) is 15.0 Å². The summed E-state index contributed by atoms with van der Waals surface area (Å²) in [7, 11) is -2.02. The number of hydrogen-bond donors (Lipinski definition) is 3. The van der Waals surface area contributed by atoms with E-state index in [1.54, 1.807) is 6.07 Å². The molecule has 104 valence electrons. The first-order chi connectivity index (χ1) is 8.85. The topological polar surface area (TPSA) is 114 Å². The highest BCUT2D eigenvalue weighted by Gasteiger charge is 2.10. The Morgan fingerprint density at radius 1 is 1.47 bits per heavy atom. The van der Waals surface area contributed by atoms with Crippen molar-refractivity contribution < 1.29 is 13.2 Å². The highest BCUT2D eigenvalue weighted by atomic mass is 32.2. The average Bonchev–Trinajstić information content (AvgIpc) is 2.38. The Morgan fingerprint density at radius 2 is 2.16 bits per heavy atom. The molecule has 1 aromatic heterocycles. The van der Waals surface area contributed by atoms with Crippen LogP contribution in [0.5, 0.6) is 0 Å². The number of carbonyl (C=O) groups is 1. The van der Waals surface area contributed by atoms with Crippen molar-refractivity contribution in [2.75, 3.05) is 19.3 Å². The van der Waals surface area contributed by atoms with Crippen molar-refractivity contribution >= 4 is 33.1 Å². The quantitative estimate of drug-likeness (QED) is 0.580. The lowest BCUT2D eigenvalue weighted by Gasteiger charge is -2.05. The number of nitrogens with one attached hydrogen (secondary N) is 2. The highest BCUT2D eigenvalue weighted by molar-refractivity contribution is 7.89. The van der Waals surface area contributed by atoms with Gasteiger partial charge in [0, 0.05) is 18.3 Å². The predicted molar refractivity (Wildman–Crippen MR) is 75.3 cm³/mol. The van der Waals surface area contributed by atoms with Gasteiger partial charge in [-0.2, -0.15) is 0 Å². The molecule has 0 aliphatic heterocycles. The number of nitrogens with two attached hydrogens (primary N) is 1. The Hall–Kier alpha value is -1.58. The standard InChI is InChI=1S/C10H14N4O3S2/c1-12-19(16,17)5-4-13-10(15)8-3-2-7(6-14-8)9(11)18/h2-3,6,12H,4-5H2,1H3,(H2,11,18)(H,13,15).